The molecule has 1 heterocycles. The minimum absolute atomic E-state index is 0.209. The topological polar surface area (TPSA) is 64.6 Å². The molecular weight excluding hydrogens is 234 g/mol. The molecule has 1 aromatic carbocycles. The molecule has 1 aliphatic heterocycles. The predicted molar refractivity (Wildman–Crippen MR) is 63.7 cm³/mol. The third kappa shape index (κ3) is 3.00. The summed E-state index contributed by atoms with van der Waals surface area (Å²) in [5.74, 6) is -0.613. The third-order valence-electron chi connectivity index (χ3n) is 2.90. The Morgan fingerprint density at radius 1 is 1.44 bits per heavy atom. The number of alkyl carbamates (subject to hydrolysis) is 1. The highest BCUT2D eigenvalue weighted by molar-refractivity contribution is 5.77. The lowest BCUT2D eigenvalue weighted by Gasteiger charge is -2.13. The highest BCUT2D eigenvalue weighted by Crippen LogP contribution is 2.14. The summed E-state index contributed by atoms with van der Waals surface area (Å²) in [4.78, 5) is 22.7. The van der Waals surface area contributed by atoms with Crippen LogP contribution in [0.15, 0.2) is 30.3 Å². The number of carbonyl (C=O) groups excluding carboxylic acids is 2. The maximum Gasteiger partial charge on any atom is 0.407 e. The molecule has 1 unspecified atom stereocenters. The zero-order valence-corrected chi connectivity index (χ0v) is 10.1. The van der Waals surface area contributed by atoms with Crippen LogP contribution in [0.25, 0.3) is 0 Å². The van der Waals surface area contributed by atoms with Crippen molar-refractivity contribution in [2.24, 2.45) is 5.92 Å². The van der Waals surface area contributed by atoms with Gasteiger partial charge in [-0.15, -0.1) is 0 Å². The highest BCUT2D eigenvalue weighted by Gasteiger charge is 2.34. The van der Waals surface area contributed by atoms with E-state index in [0.29, 0.717) is 0 Å². The Bertz CT molecular complexity index is 432. The number of ether oxygens (including phenoxy) is 2. The minimum Gasteiger partial charge on any atom is -0.463 e. The maximum absolute atomic E-state index is 11.5. The van der Waals surface area contributed by atoms with Crippen LogP contribution in [-0.4, -0.2) is 24.7 Å². The lowest BCUT2D eigenvalue weighted by atomic mass is 10.1. The minimum atomic E-state index is -0.533. The van der Waals surface area contributed by atoms with Crippen LogP contribution in [0.3, 0.4) is 0 Å². The number of rotatable bonds is 3. The van der Waals surface area contributed by atoms with E-state index in [4.69, 9.17) is 9.47 Å². The van der Waals surface area contributed by atoms with Crippen LogP contribution < -0.4 is 5.32 Å². The fraction of sp³-hybridized carbons (Fsp3) is 0.385. The Hall–Kier alpha value is -2.04. The second-order valence-corrected chi connectivity index (χ2v) is 4.23. The first-order chi connectivity index (χ1) is 8.66. The van der Waals surface area contributed by atoms with E-state index in [2.05, 4.69) is 5.32 Å². The first-order valence-corrected chi connectivity index (χ1v) is 5.80. The number of hydrogen-bond acceptors (Lipinski definition) is 4. The Kier molecular flexibility index (Phi) is 3.82. The molecular formula is C13H15NO4. The van der Waals surface area contributed by atoms with Gasteiger partial charge in [0.25, 0.3) is 0 Å². The van der Waals surface area contributed by atoms with Crippen molar-refractivity contribution in [3.63, 3.8) is 0 Å². The van der Waals surface area contributed by atoms with Gasteiger partial charge in [-0.2, -0.15) is 0 Å². The number of amides is 1. The molecule has 2 rings (SSSR count). The second-order valence-electron chi connectivity index (χ2n) is 4.23. The molecule has 5 heteroatoms. The van der Waals surface area contributed by atoms with Crippen molar-refractivity contribution in [3.8, 4) is 0 Å². The van der Waals surface area contributed by atoms with Crippen molar-refractivity contribution in [1.29, 1.82) is 0 Å². The van der Waals surface area contributed by atoms with Gasteiger partial charge in [0.05, 0.1) is 12.0 Å². The van der Waals surface area contributed by atoms with E-state index in [9.17, 15) is 9.59 Å². The monoisotopic (exact) mass is 249 g/mol. The summed E-state index contributed by atoms with van der Waals surface area (Å²) >= 11 is 0. The molecule has 0 aliphatic carbocycles. The van der Waals surface area contributed by atoms with Gasteiger partial charge in [0.1, 0.15) is 13.2 Å². The van der Waals surface area contributed by atoms with E-state index in [1.807, 2.05) is 30.3 Å². The quantitative estimate of drug-likeness (QED) is 0.824. The van der Waals surface area contributed by atoms with Crippen LogP contribution in [0.4, 0.5) is 4.79 Å². The first-order valence-electron chi connectivity index (χ1n) is 5.80. The average Bonchev–Trinajstić information content (AvgIpc) is 2.70. The number of hydrogen-bond donors (Lipinski definition) is 1. The lowest BCUT2D eigenvalue weighted by Crippen LogP contribution is -2.39. The molecule has 1 aliphatic rings. The molecule has 2 atom stereocenters. The number of carbonyl (C=O) groups is 2. The van der Waals surface area contributed by atoms with Gasteiger partial charge in [-0.1, -0.05) is 30.3 Å². The van der Waals surface area contributed by atoms with Gasteiger partial charge in [-0.25, -0.2) is 4.79 Å². The second kappa shape index (κ2) is 5.53. The summed E-state index contributed by atoms with van der Waals surface area (Å²) in [6.07, 6.45) is -0.533. The van der Waals surface area contributed by atoms with Crippen LogP contribution in [0.1, 0.15) is 12.5 Å². The van der Waals surface area contributed by atoms with E-state index in [0.717, 1.165) is 5.56 Å². The van der Waals surface area contributed by atoms with Gasteiger partial charge in [0.15, 0.2) is 0 Å². The standard InChI is InChI=1S/C13H15NO4/c1-9-11(8-17-12(9)15)14-13(16)18-7-10-5-3-2-4-6-10/h2-6,9,11H,7-8H2,1H3,(H,14,16)/t9?,11-/m1/s1. The molecule has 1 saturated heterocycles. The lowest BCUT2D eigenvalue weighted by molar-refractivity contribution is -0.140. The van der Waals surface area contributed by atoms with Gasteiger partial charge in [-0.05, 0) is 12.5 Å². The maximum atomic E-state index is 11.5. The van der Waals surface area contributed by atoms with Gasteiger partial charge >= 0.3 is 12.1 Å². The molecule has 1 amide bonds. The van der Waals surface area contributed by atoms with Crippen molar-refractivity contribution >= 4 is 12.1 Å². The SMILES string of the molecule is CC1C(=O)OC[C@H]1NC(=O)OCc1ccccc1. The number of benzene rings is 1. The first kappa shape index (κ1) is 12.4. The number of cyclic esters (lactones) is 1. The summed E-state index contributed by atoms with van der Waals surface area (Å²) in [6, 6.07) is 9.09. The fourth-order valence-electron chi connectivity index (χ4n) is 1.69. The number of esters is 1. The largest absolute Gasteiger partial charge is 0.463 e. The van der Waals surface area contributed by atoms with Crippen LogP contribution in [-0.2, 0) is 20.9 Å². The van der Waals surface area contributed by atoms with Gasteiger partial charge < -0.3 is 14.8 Å². The Morgan fingerprint density at radius 2 is 2.17 bits per heavy atom. The fourth-order valence-corrected chi connectivity index (χ4v) is 1.69. The molecule has 5 nitrogen and oxygen atoms in total. The smallest absolute Gasteiger partial charge is 0.407 e. The molecule has 1 N–H and O–H groups in total. The molecule has 0 spiro atoms. The van der Waals surface area contributed by atoms with Crippen LogP contribution >= 0.6 is 0 Å². The van der Waals surface area contributed by atoms with E-state index in [-0.39, 0.29) is 31.1 Å². The molecule has 18 heavy (non-hydrogen) atoms. The highest BCUT2D eigenvalue weighted by atomic mass is 16.6. The Balaban J connectivity index is 1.78. The van der Waals surface area contributed by atoms with Crippen LogP contribution in [0.2, 0.25) is 0 Å². The van der Waals surface area contributed by atoms with E-state index in [1.54, 1.807) is 6.92 Å². The zero-order valence-electron chi connectivity index (χ0n) is 10.1. The normalized spacial score (nSPS) is 22.4. The van der Waals surface area contributed by atoms with Crippen molar-refractivity contribution in [2.45, 2.75) is 19.6 Å². The van der Waals surface area contributed by atoms with E-state index < -0.39 is 6.09 Å². The summed E-state index contributed by atoms with van der Waals surface area (Å²) in [7, 11) is 0. The molecule has 0 radical (unpaired) electrons. The third-order valence-corrected chi connectivity index (χ3v) is 2.90. The Labute approximate surface area is 105 Å². The molecule has 0 aromatic heterocycles. The number of nitrogens with one attached hydrogen (secondary N) is 1. The molecule has 1 fully saturated rings. The summed E-state index contributed by atoms with van der Waals surface area (Å²) < 4.78 is 9.89. The molecule has 96 valence electrons. The zero-order chi connectivity index (χ0) is 13.0. The van der Waals surface area contributed by atoms with Crippen LogP contribution in [0.5, 0.6) is 0 Å². The molecule has 0 bridgehead atoms. The Morgan fingerprint density at radius 3 is 2.78 bits per heavy atom. The summed E-state index contributed by atoms with van der Waals surface area (Å²) in [5.41, 5.74) is 0.916. The van der Waals surface area contributed by atoms with Crippen molar-refractivity contribution in [1.82, 2.24) is 5.32 Å². The summed E-state index contributed by atoms with van der Waals surface area (Å²) in [5, 5.41) is 2.62. The van der Waals surface area contributed by atoms with E-state index >= 15 is 0 Å². The average molecular weight is 249 g/mol. The van der Waals surface area contributed by atoms with Gasteiger partial charge in [0.2, 0.25) is 0 Å². The van der Waals surface area contributed by atoms with Crippen molar-refractivity contribution in [2.75, 3.05) is 6.61 Å². The predicted octanol–water partition coefficient (Wildman–Crippen LogP) is 1.47. The van der Waals surface area contributed by atoms with Crippen molar-refractivity contribution in [3.05, 3.63) is 35.9 Å². The molecule has 1 aromatic rings. The molecule has 0 saturated carbocycles. The van der Waals surface area contributed by atoms with E-state index in [1.165, 1.54) is 0 Å². The van der Waals surface area contributed by atoms with Gasteiger partial charge in [-0.3, -0.25) is 4.79 Å². The van der Waals surface area contributed by atoms with Gasteiger partial charge in [0, 0.05) is 0 Å². The summed E-state index contributed by atoms with van der Waals surface area (Å²) in [6.45, 7) is 2.14. The van der Waals surface area contributed by atoms with Crippen molar-refractivity contribution < 1.29 is 19.1 Å². The van der Waals surface area contributed by atoms with Crippen LogP contribution in [0, 0.1) is 5.92 Å².